The first kappa shape index (κ1) is 27.8. The average Bonchev–Trinajstić information content (AvgIpc) is 2.90. The zero-order chi connectivity index (χ0) is 28.3. The van der Waals surface area contributed by atoms with E-state index in [-0.39, 0.29) is 17.9 Å². The van der Waals surface area contributed by atoms with Crippen LogP contribution in [0, 0.1) is 6.92 Å². The molecule has 1 heterocycles. The molecule has 0 unspecified atom stereocenters. The number of nitrogens with one attached hydrogen (secondary N) is 1. The minimum Gasteiger partial charge on any atom is -0.496 e. The zero-order valence-electron chi connectivity index (χ0n) is 23.0. The number of carbonyl (C=O) groups excluding carboxylic acids is 1. The van der Waals surface area contributed by atoms with Crippen molar-refractivity contribution in [2.75, 3.05) is 38.5 Å². The van der Waals surface area contributed by atoms with Crippen LogP contribution in [0.4, 0.5) is 26.0 Å². The molecule has 0 radical (unpaired) electrons. The van der Waals surface area contributed by atoms with Gasteiger partial charge in [-0.2, -0.15) is 0 Å². The van der Waals surface area contributed by atoms with Crippen LogP contribution in [-0.2, 0) is 23.7 Å². The van der Waals surface area contributed by atoms with E-state index in [9.17, 15) is 13.6 Å². The molecule has 1 aromatic heterocycles. The van der Waals surface area contributed by atoms with Gasteiger partial charge in [-0.25, -0.2) is 18.7 Å². The molecule has 0 saturated carbocycles. The van der Waals surface area contributed by atoms with Crippen LogP contribution in [0.25, 0.3) is 10.9 Å². The highest BCUT2D eigenvalue weighted by atomic mass is 19.3. The van der Waals surface area contributed by atoms with Crippen LogP contribution in [0.15, 0.2) is 60.7 Å². The van der Waals surface area contributed by atoms with E-state index in [1.807, 2.05) is 55.3 Å². The predicted octanol–water partition coefficient (Wildman–Crippen LogP) is 6.07. The van der Waals surface area contributed by atoms with Gasteiger partial charge in [0.2, 0.25) is 5.91 Å². The second-order valence-electron chi connectivity index (χ2n) is 9.78. The van der Waals surface area contributed by atoms with Gasteiger partial charge >= 0.3 is 0 Å². The molecule has 1 N–H and O–H groups in total. The number of halogens is 2. The Bertz CT molecular complexity index is 1500. The van der Waals surface area contributed by atoms with E-state index in [0.717, 1.165) is 40.3 Å². The fourth-order valence-electron chi connectivity index (χ4n) is 4.30. The summed E-state index contributed by atoms with van der Waals surface area (Å²) >= 11 is 0. The quantitative estimate of drug-likeness (QED) is 0.282. The van der Waals surface area contributed by atoms with Gasteiger partial charge in [0.25, 0.3) is 5.92 Å². The number of aromatic nitrogens is 2. The Hall–Kier alpha value is -4.27. The van der Waals surface area contributed by atoms with Crippen molar-refractivity contribution in [3.8, 4) is 5.75 Å². The molecule has 0 spiro atoms. The maximum atomic E-state index is 13.8. The number of hydrogen-bond acceptors (Lipinski definition) is 6. The zero-order valence-corrected chi connectivity index (χ0v) is 23.0. The lowest BCUT2D eigenvalue weighted by atomic mass is 10.1. The molecule has 204 valence electrons. The molecule has 0 atom stereocenters. The lowest BCUT2D eigenvalue weighted by Gasteiger charge is -2.22. The van der Waals surface area contributed by atoms with Crippen molar-refractivity contribution in [2.45, 2.75) is 32.7 Å². The van der Waals surface area contributed by atoms with Crippen LogP contribution in [-0.4, -0.2) is 49.0 Å². The molecule has 0 fully saturated rings. The third-order valence-corrected chi connectivity index (χ3v) is 6.56. The fraction of sp³-hybridized carbons (Fsp3) is 0.300. The minimum atomic E-state index is -2.91. The minimum absolute atomic E-state index is 0.0183. The topological polar surface area (TPSA) is 70.6 Å². The summed E-state index contributed by atoms with van der Waals surface area (Å²) in [5, 5.41) is 4.12. The molecule has 0 saturated heterocycles. The van der Waals surface area contributed by atoms with Crippen LogP contribution < -0.4 is 15.0 Å². The molecule has 4 rings (SSSR count). The van der Waals surface area contributed by atoms with Crippen LogP contribution in [0.5, 0.6) is 5.75 Å². The van der Waals surface area contributed by atoms with E-state index in [1.165, 1.54) is 12.1 Å². The van der Waals surface area contributed by atoms with Crippen molar-refractivity contribution >= 4 is 34.0 Å². The van der Waals surface area contributed by atoms with E-state index < -0.39 is 5.92 Å². The first-order valence-corrected chi connectivity index (χ1v) is 12.6. The van der Waals surface area contributed by atoms with E-state index in [0.29, 0.717) is 23.9 Å². The molecule has 0 aliphatic carbocycles. The van der Waals surface area contributed by atoms with E-state index in [4.69, 9.17) is 4.74 Å². The third kappa shape index (κ3) is 6.42. The molecule has 3 aromatic carbocycles. The predicted molar refractivity (Wildman–Crippen MR) is 151 cm³/mol. The highest BCUT2D eigenvalue weighted by Crippen LogP contribution is 2.33. The average molecular weight is 534 g/mol. The Labute approximate surface area is 227 Å². The Kier molecular flexibility index (Phi) is 7.99. The van der Waals surface area contributed by atoms with Gasteiger partial charge in [0.15, 0.2) is 0 Å². The van der Waals surface area contributed by atoms with E-state index in [1.54, 1.807) is 38.2 Å². The van der Waals surface area contributed by atoms with Crippen LogP contribution in [0.2, 0.25) is 0 Å². The van der Waals surface area contributed by atoms with Gasteiger partial charge in [0.05, 0.1) is 19.0 Å². The largest absolute Gasteiger partial charge is 0.496 e. The molecule has 0 aliphatic rings. The van der Waals surface area contributed by atoms with Gasteiger partial charge in [-0.3, -0.25) is 4.79 Å². The standard InChI is InChI=1S/C30H33F2N5O2/c1-19-34-26-12-10-24(37(5)23-11-13-27(39-6)21(15-23)16-28(38)36(3)4)17-25(26)29(35-19)33-18-20-8-7-9-22(14-20)30(2,31)32/h7-15,17H,16,18H2,1-6H3,(H,33,34,35). The Morgan fingerprint density at radius 3 is 2.41 bits per heavy atom. The molecule has 0 bridgehead atoms. The van der Waals surface area contributed by atoms with Gasteiger partial charge in [0, 0.05) is 62.5 Å². The van der Waals surface area contributed by atoms with Gasteiger partial charge in [0.1, 0.15) is 17.4 Å². The summed E-state index contributed by atoms with van der Waals surface area (Å²) in [6.45, 7) is 3.04. The maximum Gasteiger partial charge on any atom is 0.270 e. The first-order chi connectivity index (χ1) is 18.5. The van der Waals surface area contributed by atoms with Crippen molar-refractivity contribution in [3.05, 3.63) is 83.2 Å². The fourth-order valence-corrected chi connectivity index (χ4v) is 4.30. The van der Waals surface area contributed by atoms with E-state index >= 15 is 0 Å². The number of nitrogens with zero attached hydrogens (tertiary/aromatic N) is 4. The molecule has 7 nitrogen and oxygen atoms in total. The van der Waals surface area contributed by atoms with Crippen LogP contribution >= 0.6 is 0 Å². The number of amides is 1. The number of anilines is 3. The molecule has 0 aliphatic heterocycles. The van der Waals surface area contributed by atoms with Crippen molar-refractivity contribution in [3.63, 3.8) is 0 Å². The second kappa shape index (κ2) is 11.2. The van der Waals surface area contributed by atoms with Crippen molar-refractivity contribution in [1.82, 2.24) is 14.9 Å². The first-order valence-electron chi connectivity index (χ1n) is 12.6. The maximum absolute atomic E-state index is 13.8. The number of hydrogen-bond donors (Lipinski definition) is 1. The Morgan fingerprint density at radius 2 is 1.72 bits per heavy atom. The van der Waals surface area contributed by atoms with E-state index in [2.05, 4.69) is 15.3 Å². The van der Waals surface area contributed by atoms with Crippen molar-refractivity contribution < 1.29 is 18.3 Å². The summed E-state index contributed by atoms with van der Waals surface area (Å²) in [5.41, 5.74) is 4.04. The number of benzene rings is 3. The number of carbonyl (C=O) groups is 1. The number of methoxy groups -OCH3 is 1. The van der Waals surface area contributed by atoms with Gasteiger partial charge in [-0.05, 0) is 55.0 Å². The lowest BCUT2D eigenvalue weighted by Crippen LogP contribution is -2.23. The van der Waals surface area contributed by atoms with Gasteiger partial charge in [-0.1, -0.05) is 18.2 Å². The summed E-state index contributed by atoms with van der Waals surface area (Å²) in [6, 6.07) is 18.0. The van der Waals surface area contributed by atoms with Crippen LogP contribution in [0.3, 0.4) is 0 Å². The highest BCUT2D eigenvalue weighted by molar-refractivity contribution is 5.92. The smallest absolute Gasteiger partial charge is 0.270 e. The molecule has 1 amide bonds. The summed E-state index contributed by atoms with van der Waals surface area (Å²) < 4.78 is 33.1. The monoisotopic (exact) mass is 533 g/mol. The number of ether oxygens (including phenoxy) is 1. The number of likely N-dealkylation sites (N-methyl/N-ethyl adjacent to an activating group) is 1. The Balaban J connectivity index is 1.65. The summed E-state index contributed by atoms with van der Waals surface area (Å²) in [6.07, 6.45) is 0.224. The second-order valence-corrected chi connectivity index (χ2v) is 9.78. The molecule has 4 aromatic rings. The van der Waals surface area contributed by atoms with Crippen molar-refractivity contribution in [1.29, 1.82) is 0 Å². The molecular weight excluding hydrogens is 500 g/mol. The SMILES string of the molecule is COc1ccc(N(C)c2ccc3nc(C)nc(NCc4cccc(C(C)(F)F)c4)c3c2)cc1CC(=O)N(C)C. The number of aryl methyl sites for hydroxylation is 1. The number of alkyl halides is 2. The number of rotatable bonds is 9. The molecule has 39 heavy (non-hydrogen) atoms. The Morgan fingerprint density at radius 1 is 1.00 bits per heavy atom. The third-order valence-electron chi connectivity index (χ3n) is 6.56. The summed E-state index contributed by atoms with van der Waals surface area (Å²) in [7, 11) is 6.99. The molecular formula is C30H33F2N5O2. The number of fused-ring (bicyclic) bond motifs is 1. The normalized spacial score (nSPS) is 11.4. The lowest BCUT2D eigenvalue weighted by molar-refractivity contribution is -0.127. The summed E-state index contributed by atoms with van der Waals surface area (Å²) in [4.78, 5) is 25.1. The summed E-state index contributed by atoms with van der Waals surface area (Å²) in [5.74, 6) is -1.05. The van der Waals surface area contributed by atoms with Crippen molar-refractivity contribution in [2.24, 2.45) is 0 Å². The van der Waals surface area contributed by atoms with Gasteiger partial charge < -0.3 is 19.9 Å². The van der Waals surface area contributed by atoms with Crippen LogP contribution in [0.1, 0.15) is 29.4 Å². The molecule has 9 heteroatoms. The van der Waals surface area contributed by atoms with Gasteiger partial charge in [-0.15, -0.1) is 0 Å². The highest BCUT2D eigenvalue weighted by Gasteiger charge is 2.24.